The fraction of sp³-hybridized carbons (Fsp3) is 0.125. The molecule has 1 rings (SSSR count). The van der Waals surface area contributed by atoms with Gasteiger partial charge < -0.3 is 9.63 Å². The monoisotopic (exact) mass is 216 g/mol. The highest BCUT2D eigenvalue weighted by Gasteiger charge is 2.11. The summed E-state index contributed by atoms with van der Waals surface area (Å²) in [5, 5.41) is 8.60. The Labute approximate surface area is 81.2 Å². The second-order valence-electron chi connectivity index (χ2n) is 2.12. The molecule has 14 heavy (non-hydrogen) atoms. The lowest BCUT2D eigenvalue weighted by atomic mass is 10.2. The van der Waals surface area contributed by atoms with Gasteiger partial charge in [0.05, 0.1) is 0 Å². The molecule has 76 valence electrons. The molecule has 5 nitrogen and oxygen atoms in total. The second-order valence-corrected chi connectivity index (χ2v) is 2.75. The largest absolute Gasteiger partial charge is 0.529 e. The molecule has 0 aliphatic heterocycles. The molecular formula is C8H9O5P. The quantitative estimate of drug-likeness (QED) is 0.785. The molecule has 1 aromatic rings. The number of carboxylic acids is 1. The van der Waals surface area contributed by atoms with E-state index in [1.807, 2.05) is 0 Å². The fourth-order valence-electron chi connectivity index (χ4n) is 0.803. The maximum absolute atomic E-state index is 10.5. The first kappa shape index (κ1) is 12.4. The molecule has 0 aliphatic carbocycles. The Morgan fingerprint density at radius 3 is 2.36 bits per heavy atom. The number of para-hydroxylation sites is 1. The fourth-order valence-corrected chi connectivity index (χ4v) is 1.12. The van der Waals surface area contributed by atoms with Crippen molar-refractivity contribution in [3.05, 3.63) is 29.8 Å². The van der Waals surface area contributed by atoms with E-state index in [-0.39, 0.29) is 18.7 Å². The minimum Gasteiger partial charge on any atom is -0.478 e. The standard InChI is InChI=1S/C7H5O5P.CH4/c8-7(9)5-3-1-2-4-6(5)12-13(10)11;/h1-4H,(H,8,9);1H4. The van der Waals surface area contributed by atoms with E-state index in [2.05, 4.69) is 4.52 Å². The van der Waals surface area contributed by atoms with E-state index in [0.29, 0.717) is 0 Å². The van der Waals surface area contributed by atoms with Crippen LogP contribution >= 0.6 is 7.91 Å². The Balaban J connectivity index is 0.00000169. The molecule has 0 aromatic heterocycles. The van der Waals surface area contributed by atoms with E-state index >= 15 is 0 Å². The van der Waals surface area contributed by atoms with Crippen molar-refractivity contribution >= 4 is 13.9 Å². The van der Waals surface area contributed by atoms with Crippen LogP contribution in [0, 0.1) is 0 Å². The first-order valence-corrected chi connectivity index (χ1v) is 4.35. The van der Waals surface area contributed by atoms with Gasteiger partial charge in [0.25, 0.3) is 0 Å². The van der Waals surface area contributed by atoms with E-state index in [1.54, 1.807) is 0 Å². The summed E-state index contributed by atoms with van der Waals surface area (Å²) in [5.41, 5.74) is -0.179. The molecule has 0 fully saturated rings. The molecule has 1 aromatic carbocycles. The lowest BCUT2D eigenvalue weighted by Gasteiger charge is -1.99. The maximum Gasteiger partial charge on any atom is 0.529 e. The number of carbonyl (C=O) groups is 1. The van der Waals surface area contributed by atoms with Crippen molar-refractivity contribution in [1.82, 2.24) is 0 Å². The minimum atomic E-state index is -3.08. The van der Waals surface area contributed by atoms with Gasteiger partial charge in [-0.2, -0.15) is 9.13 Å². The highest BCUT2D eigenvalue weighted by molar-refractivity contribution is 7.25. The van der Waals surface area contributed by atoms with Crippen LogP contribution in [0.1, 0.15) is 17.8 Å². The van der Waals surface area contributed by atoms with Gasteiger partial charge in [-0.25, -0.2) is 4.79 Å². The summed E-state index contributed by atoms with van der Waals surface area (Å²) in [6.07, 6.45) is 0. The third kappa shape index (κ3) is 3.03. The molecule has 0 aliphatic rings. The Morgan fingerprint density at radius 2 is 1.86 bits per heavy atom. The van der Waals surface area contributed by atoms with Gasteiger partial charge >= 0.3 is 13.9 Å². The Hall–Kier alpha value is -1.61. The van der Waals surface area contributed by atoms with E-state index in [9.17, 15) is 13.9 Å². The van der Waals surface area contributed by atoms with Crippen molar-refractivity contribution in [2.45, 2.75) is 7.43 Å². The zero-order chi connectivity index (χ0) is 9.84. The van der Waals surface area contributed by atoms with Crippen LogP contribution < -0.4 is 4.52 Å². The number of benzene rings is 1. The highest BCUT2D eigenvalue weighted by atomic mass is 31.1. The predicted octanol–water partition coefficient (Wildman–Crippen LogP) is 2.49. The SMILES string of the molecule is C.O=C(O)c1ccccc1OP(=O)=O. The molecule has 6 heteroatoms. The zero-order valence-electron chi connectivity index (χ0n) is 6.34. The summed E-state index contributed by atoms with van der Waals surface area (Å²) in [6, 6.07) is 5.50. The van der Waals surface area contributed by atoms with Gasteiger partial charge in [0.15, 0.2) is 5.75 Å². The number of hydrogen-bond donors (Lipinski definition) is 1. The molecule has 0 saturated carbocycles. The Bertz CT molecular complexity index is 388. The van der Waals surface area contributed by atoms with Gasteiger partial charge in [-0.1, -0.05) is 19.6 Å². The Kier molecular flexibility index (Phi) is 4.59. The minimum absolute atomic E-state index is 0. The van der Waals surface area contributed by atoms with E-state index in [1.165, 1.54) is 24.3 Å². The molecule has 0 atom stereocenters. The normalized spacial score (nSPS) is 8.57. The third-order valence-electron chi connectivity index (χ3n) is 1.29. The molecular weight excluding hydrogens is 207 g/mol. The van der Waals surface area contributed by atoms with Crippen molar-refractivity contribution < 1.29 is 23.6 Å². The summed E-state index contributed by atoms with van der Waals surface area (Å²) in [7, 11) is -3.08. The first-order chi connectivity index (χ1) is 6.11. The molecule has 0 unspecified atom stereocenters. The molecule has 0 bridgehead atoms. The molecule has 0 heterocycles. The van der Waals surface area contributed by atoms with E-state index in [4.69, 9.17) is 5.11 Å². The van der Waals surface area contributed by atoms with E-state index < -0.39 is 13.9 Å². The predicted molar refractivity (Wildman–Crippen MR) is 49.1 cm³/mol. The van der Waals surface area contributed by atoms with Crippen LogP contribution in [0.5, 0.6) is 5.75 Å². The van der Waals surface area contributed by atoms with Crippen molar-refractivity contribution in [2.24, 2.45) is 0 Å². The van der Waals surface area contributed by atoms with Crippen molar-refractivity contribution in [2.75, 3.05) is 0 Å². The lowest BCUT2D eigenvalue weighted by Crippen LogP contribution is -1.97. The van der Waals surface area contributed by atoms with Crippen molar-refractivity contribution in [1.29, 1.82) is 0 Å². The number of rotatable bonds is 3. The van der Waals surface area contributed by atoms with Gasteiger partial charge in [0.2, 0.25) is 0 Å². The van der Waals surface area contributed by atoms with Crippen molar-refractivity contribution in [3.8, 4) is 5.75 Å². The van der Waals surface area contributed by atoms with Crippen LogP contribution in [0.2, 0.25) is 0 Å². The third-order valence-corrected chi connectivity index (χ3v) is 1.64. The summed E-state index contributed by atoms with van der Waals surface area (Å²) in [5.74, 6) is -1.40. The van der Waals surface area contributed by atoms with E-state index in [0.717, 1.165) is 0 Å². The maximum atomic E-state index is 10.5. The Morgan fingerprint density at radius 1 is 1.29 bits per heavy atom. The van der Waals surface area contributed by atoms with Crippen LogP contribution in [-0.2, 0) is 9.13 Å². The van der Waals surface area contributed by atoms with Crippen LogP contribution in [0.3, 0.4) is 0 Å². The first-order valence-electron chi connectivity index (χ1n) is 3.26. The summed E-state index contributed by atoms with van der Waals surface area (Å²) < 4.78 is 24.6. The average Bonchev–Trinajstić information content (AvgIpc) is 2.03. The topological polar surface area (TPSA) is 80.7 Å². The zero-order valence-corrected chi connectivity index (χ0v) is 7.23. The van der Waals surface area contributed by atoms with Gasteiger partial charge in [0.1, 0.15) is 5.56 Å². The van der Waals surface area contributed by atoms with Gasteiger partial charge in [-0.3, -0.25) is 0 Å². The molecule has 0 spiro atoms. The lowest BCUT2D eigenvalue weighted by molar-refractivity contribution is 0.0695. The van der Waals surface area contributed by atoms with Crippen LogP contribution in [0.4, 0.5) is 0 Å². The summed E-state index contributed by atoms with van der Waals surface area (Å²) in [4.78, 5) is 10.5. The number of carboxylic acid groups (broad SMARTS) is 1. The smallest absolute Gasteiger partial charge is 0.478 e. The average molecular weight is 216 g/mol. The summed E-state index contributed by atoms with van der Waals surface area (Å²) >= 11 is 0. The van der Waals surface area contributed by atoms with Crippen LogP contribution in [-0.4, -0.2) is 11.1 Å². The number of hydrogen-bond acceptors (Lipinski definition) is 4. The summed E-state index contributed by atoms with van der Waals surface area (Å²) in [6.45, 7) is 0. The van der Waals surface area contributed by atoms with Gasteiger partial charge in [0, 0.05) is 0 Å². The van der Waals surface area contributed by atoms with Gasteiger partial charge in [-0.15, -0.1) is 0 Å². The van der Waals surface area contributed by atoms with Crippen molar-refractivity contribution in [3.63, 3.8) is 0 Å². The number of aromatic carboxylic acids is 1. The highest BCUT2D eigenvalue weighted by Crippen LogP contribution is 2.23. The molecule has 0 amide bonds. The van der Waals surface area contributed by atoms with Crippen LogP contribution in [0.25, 0.3) is 0 Å². The van der Waals surface area contributed by atoms with Crippen LogP contribution in [0.15, 0.2) is 24.3 Å². The molecule has 1 N–H and O–H groups in total. The molecule has 0 radical (unpaired) electrons. The second kappa shape index (κ2) is 5.19. The van der Waals surface area contributed by atoms with Gasteiger partial charge in [-0.05, 0) is 12.1 Å². The molecule has 0 saturated heterocycles.